The van der Waals surface area contributed by atoms with Crippen molar-refractivity contribution >= 4 is 40.0 Å². The van der Waals surface area contributed by atoms with Crippen LogP contribution in [-0.2, 0) is 33.8 Å². The van der Waals surface area contributed by atoms with E-state index in [0.29, 0.717) is 37.4 Å². The molecule has 2 aromatic heterocycles. The van der Waals surface area contributed by atoms with E-state index in [0.717, 1.165) is 27.6 Å². The van der Waals surface area contributed by atoms with Gasteiger partial charge in [-0.3, -0.25) is 24.4 Å². The van der Waals surface area contributed by atoms with Crippen molar-refractivity contribution in [2.24, 2.45) is 5.41 Å². The highest BCUT2D eigenvalue weighted by atomic mass is 16.2. The van der Waals surface area contributed by atoms with Crippen LogP contribution in [0.25, 0.3) is 10.9 Å². The van der Waals surface area contributed by atoms with Crippen molar-refractivity contribution in [3.05, 3.63) is 95.9 Å². The number of carbonyl (C=O) groups is 3. The molecule has 8 heteroatoms. The third-order valence-electron chi connectivity index (χ3n) is 7.77. The summed E-state index contributed by atoms with van der Waals surface area (Å²) in [5.74, 6) is -0.475. The third-order valence-corrected chi connectivity index (χ3v) is 7.77. The van der Waals surface area contributed by atoms with Gasteiger partial charge in [0.05, 0.1) is 23.3 Å². The van der Waals surface area contributed by atoms with Crippen LogP contribution in [0, 0.1) is 5.41 Å². The zero-order valence-electron chi connectivity index (χ0n) is 24.0. The van der Waals surface area contributed by atoms with Crippen molar-refractivity contribution in [2.45, 2.75) is 40.2 Å². The number of hydrogen-bond acceptors (Lipinski definition) is 5. The molecule has 0 saturated carbocycles. The number of hydrogen-bond donors (Lipinski definition) is 0. The van der Waals surface area contributed by atoms with E-state index in [9.17, 15) is 14.4 Å². The molecular formula is C33H35N5O3. The van der Waals surface area contributed by atoms with Crippen molar-refractivity contribution in [3.8, 4) is 0 Å². The summed E-state index contributed by atoms with van der Waals surface area (Å²) in [5.41, 5.74) is 3.93. The number of aromatic nitrogens is 2. The Bertz CT molecular complexity index is 1600. The standard InChI is InChI=1S/C33H35N5O3/c1-5-38-28-13-11-25(19-29(28)36(4)31(40)33(2,3)32(38)41)22-37(17-14-23-8-6-15-34-21-23)30(39)20-24-10-12-27-26(18-24)9-7-16-35-27/h6-13,15-16,18-19,21H,5,14,17,20,22H2,1-4H3. The first-order chi connectivity index (χ1) is 19.7. The number of benzene rings is 2. The maximum atomic E-state index is 13.7. The van der Waals surface area contributed by atoms with Crippen molar-refractivity contribution in [1.82, 2.24) is 14.9 Å². The van der Waals surface area contributed by atoms with Gasteiger partial charge in [0.2, 0.25) is 17.7 Å². The van der Waals surface area contributed by atoms with Crippen LogP contribution < -0.4 is 9.80 Å². The van der Waals surface area contributed by atoms with Crippen LogP contribution in [0.3, 0.4) is 0 Å². The van der Waals surface area contributed by atoms with Gasteiger partial charge >= 0.3 is 0 Å². The lowest BCUT2D eigenvalue weighted by atomic mass is 9.90. The van der Waals surface area contributed by atoms with E-state index >= 15 is 0 Å². The molecule has 1 aliphatic heterocycles. The number of fused-ring (bicyclic) bond motifs is 2. The number of pyridine rings is 2. The predicted octanol–water partition coefficient (Wildman–Crippen LogP) is 4.80. The SMILES string of the molecule is CCN1C(=O)C(C)(C)C(=O)N(C)c2cc(CN(CCc3cccnc3)C(=O)Cc3ccc4ncccc4c3)ccc21. The molecule has 5 rings (SSSR count). The quantitative estimate of drug-likeness (QED) is 0.295. The normalized spacial score (nSPS) is 14.6. The van der Waals surface area contributed by atoms with Crippen LogP contribution in [-0.4, -0.2) is 52.7 Å². The summed E-state index contributed by atoms with van der Waals surface area (Å²) in [6.07, 6.45) is 6.24. The molecule has 0 atom stereocenters. The number of rotatable bonds is 8. The molecule has 0 bridgehead atoms. The Hall–Kier alpha value is -4.59. The molecule has 3 heterocycles. The van der Waals surface area contributed by atoms with Gasteiger partial charge in [-0.2, -0.15) is 0 Å². The second-order valence-corrected chi connectivity index (χ2v) is 11.0. The van der Waals surface area contributed by atoms with Crippen molar-refractivity contribution in [2.75, 3.05) is 29.9 Å². The summed E-state index contributed by atoms with van der Waals surface area (Å²) in [7, 11) is 1.71. The summed E-state index contributed by atoms with van der Waals surface area (Å²) in [6, 6.07) is 19.5. The lowest BCUT2D eigenvalue weighted by Crippen LogP contribution is -2.47. The molecule has 0 saturated heterocycles. The van der Waals surface area contributed by atoms with Crippen LogP contribution >= 0.6 is 0 Å². The smallest absolute Gasteiger partial charge is 0.242 e. The second-order valence-electron chi connectivity index (χ2n) is 11.0. The van der Waals surface area contributed by atoms with Gasteiger partial charge in [-0.15, -0.1) is 0 Å². The first kappa shape index (κ1) is 28.0. The third kappa shape index (κ3) is 5.68. The molecule has 0 unspecified atom stereocenters. The second kappa shape index (κ2) is 11.5. The van der Waals surface area contributed by atoms with E-state index in [1.54, 1.807) is 43.1 Å². The van der Waals surface area contributed by atoms with Gasteiger partial charge < -0.3 is 14.7 Å². The van der Waals surface area contributed by atoms with Gasteiger partial charge in [-0.05, 0) is 80.3 Å². The summed E-state index contributed by atoms with van der Waals surface area (Å²) < 4.78 is 0. The number of amides is 3. The molecule has 0 N–H and O–H groups in total. The highest BCUT2D eigenvalue weighted by molar-refractivity contribution is 6.19. The van der Waals surface area contributed by atoms with Crippen LogP contribution in [0.4, 0.5) is 11.4 Å². The molecule has 41 heavy (non-hydrogen) atoms. The maximum Gasteiger partial charge on any atom is 0.242 e. The topological polar surface area (TPSA) is 86.7 Å². The van der Waals surface area contributed by atoms with Gasteiger partial charge in [0.15, 0.2) is 0 Å². The van der Waals surface area contributed by atoms with Crippen LogP contribution in [0.5, 0.6) is 0 Å². The minimum absolute atomic E-state index is 0.00278. The van der Waals surface area contributed by atoms with E-state index in [2.05, 4.69) is 9.97 Å². The molecular weight excluding hydrogens is 514 g/mol. The largest absolute Gasteiger partial charge is 0.338 e. The van der Waals surface area contributed by atoms with E-state index in [-0.39, 0.29) is 24.1 Å². The maximum absolute atomic E-state index is 13.7. The Balaban J connectivity index is 1.44. The van der Waals surface area contributed by atoms with E-state index in [4.69, 9.17) is 0 Å². The molecule has 4 aromatic rings. The fourth-order valence-corrected chi connectivity index (χ4v) is 5.39. The van der Waals surface area contributed by atoms with Crippen molar-refractivity contribution in [1.29, 1.82) is 0 Å². The molecule has 210 valence electrons. The molecule has 8 nitrogen and oxygen atoms in total. The van der Waals surface area contributed by atoms with Crippen LogP contribution in [0.1, 0.15) is 37.5 Å². The Morgan fingerprint density at radius 2 is 1.68 bits per heavy atom. The average molecular weight is 550 g/mol. The van der Waals surface area contributed by atoms with E-state index in [1.807, 2.05) is 78.7 Å². The average Bonchev–Trinajstić information content (AvgIpc) is 3.03. The molecule has 0 radical (unpaired) electrons. The molecule has 1 aliphatic rings. The van der Waals surface area contributed by atoms with Crippen molar-refractivity contribution in [3.63, 3.8) is 0 Å². The van der Waals surface area contributed by atoms with Gasteiger partial charge in [0, 0.05) is 50.7 Å². The monoisotopic (exact) mass is 549 g/mol. The lowest BCUT2D eigenvalue weighted by molar-refractivity contribution is -0.137. The fraction of sp³-hybridized carbons (Fsp3) is 0.303. The first-order valence-corrected chi connectivity index (χ1v) is 13.9. The molecule has 3 amide bonds. The summed E-state index contributed by atoms with van der Waals surface area (Å²) in [4.78, 5) is 54.0. The number of anilines is 2. The zero-order valence-corrected chi connectivity index (χ0v) is 24.0. The number of carbonyl (C=O) groups excluding carboxylic acids is 3. The molecule has 0 spiro atoms. The molecule has 0 aliphatic carbocycles. The van der Waals surface area contributed by atoms with E-state index < -0.39 is 5.41 Å². The molecule has 2 aromatic carbocycles. The van der Waals surface area contributed by atoms with Gasteiger partial charge in [0.25, 0.3) is 0 Å². The fourth-order valence-electron chi connectivity index (χ4n) is 5.39. The van der Waals surface area contributed by atoms with Gasteiger partial charge in [0.1, 0.15) is 5.41 Å². The van der Waals surface area contributed by atoms with Crippen LogP contribution in [0.2, 0.25) is 0 Å². The minimum atomic E-state index is -1.18. The van der Waals surface area contributed by atoms with E-state index in [1.165, 1.54) is 0 Å². The summed E-state index contributed by atoms with van der Waals surface area (Å²) in [6.45, 7) is 6.58. The zero-order chi connectivity index (χ0) is 29.1. The lowest BCUT2D eigenvalue weighted by Gasteiger charge is -2.27. The van der Waals surface area contributed by atoms with Gasteiger partial charge in [-0.1, -0.05) is 24.3 Å². The first-order valence-electron chi connectivity index (χ1n) is 13.9. The van der Waals surface area contributed by atoms with Gasteiger partial charge in [-0.25, -0.2) is 0 Å². The molecule has 0 fully saturated rings. The highest BCUT2D eigenvalue weighted by Gasteiger charge is 2.45. The summed E-state index contributed by atoms with van der Waals surface area (Å²) in [5, 5.41) is 0.996. The highest BCUT2D eigenvalue weighted by Crippen LogP contribution is 2.39. The predicted molar refractivity (Wildman–Crippen MR) is 160 cm³/mol. The summed E-state index contributed by atoms with van der Waals surface area (Å²) >= 11 is 0. The van der Waals surface area contributed by atoms with Crippen LogP contribution in [0.15, 0.2) is 79.3 Å². The minimum Gasteiger partial charge on any atom is -0.338 e. The Morgan fingerprint density at radius 1 is 0.902 bits per heavy atom. The Labute approximate surface area is 240 Å². The Morgan fingerprint density at radius 3 is 2.44 bits per heavy atom. The number of nitrogens with zero attached hydrogens (tertiary/aromatic N) is 5. The Kier molecular flexibility index (Phi) is 7.83. The van der Waals surface area contributed by atoms with Crippen molar-refractivity contribution < 1.29 is 14.4 Å².